The second-order valence-electron chi connectivity index (χ2n) is 7.23. The number of amides is 1. The zero-order chi connectivity index (χ0) is 22.4. The molecule has 2 aromatic carbocycles. The third-order valence-corrected chi connectivity index (χ3v) is 5.37. The lowest BCUT2D eigenvalue weighted by Gasteiger charge is -2.34. The van der Waals surface area contributed by atoms with Crippen molar-refractivity contribution in [2.45, 2.75) is 6.42 Å². The van der Waals surface area contributed by atoms with E-state index >= 15 is 0 Å². The van der Waals surface area contributed by atoms with Gasteiger partial charge in [-0.1, -0.05) is 12.1 Å². The molecule has 1 heterocycles. The van der Waals surface area contributed by atoms with Gasteiger partial charge < -0.3 is 19.1 Å². The topological polar surface area (TPSA) is 68.3 Å². The largest absolute Gasteiger partial charge is 0.493 e. The number of carbonyl (C=O) groups is 2. The van der Waals surface area contributed by atoms with Crippen molar-refractivity contribution in [2.24, 2.45) is 0 Å². The molecule has 8 heteroatoms. The molecule has 3 rings (SSSR count). The number of Topliss-reactive ketones (excluding diaryl/α,β-unsaturated/α-hetero) is 1. The van der Waals surface area contributed by atoms with E-state index in [2.05, 4.69) is 4.90 Å². The van der Waals surface area contributed by atoms with Crippen LogP contribution in [0.15, 0.2) is 36.4 Å². The van der Waals surface area contributed by atoms with E-state index in [0.29, 0.717) is 67.5 Å². The first-order chi connectivity index (χ1) is 15.0. The van der Waals surface area contributed by atoms with Crippen molar-refractivity contribution in [3.8, 4) is 17.2 Å². The molecule has 2 aromatic rings. The van der Waals surface area contributed by atoms with Crippen molar-refractivity contribution in [3.63, 3.8) is 0 Å². The minimum Gasteiger partial charge on any atom is -0.493 e. The Bertz CT molecular complexity index is 916. The SMILES string of the molecule is COc1cc(C(=O)N2CCN(CCC(=O)c3cccc(F)c3)CC2)cc(OC)c1OC. The summed E-state index contributed by atoms with van der Waals surface area (Å²) in [5.41, 5.74) is 0.848. The van der Waals surface area contributed by atoms with Crippen molar-refractivity contribution in [1.82, 2.24) is 9.80 Å². The standard InChI is InChI=1S/C23H27FN2O5/c1-29-20-14-17(15-21(30-2)22(20)31-3)23(28)26-11-9-25(10-12-26)8-7-19(27)16-5-4-6-18(24)13-16/h4-6,13-15H,7-12H2,1-3H3. The summed E-state index contributed by atoms with van der Waals surface area (Å²) >= 11 is 0. The zero-order valence-corrected chi connectivity index (χ0v) is 18.0. The number of rotatable bonds is 8. The van der Waals surface area contributed by atoms with Crippen molar-refractivity contribution < 1.29 is 28.2 Å². The first-order valence-electron chi connectivity index (χ1n) is 10.1. The number of ether oxygens (including phenoxy) is 3. The number of benzene rings is 2. The minimum absolute atomic E-state index is 0.0876. The summed E-state index contributed by atoms with van der Waals surface area (Å²) in [6, 6.07) is 9.04. The van der Waals surface area contributed by atoms with Crippen LogP contribution in [0.25, 0.3) is 0 Å². The number of hydrogen-bond acceptors (Lipinski definition) is 6. The first-order valence-corrected chi connectivity index (χ1v) is 10.1. The number of methoxy groups -OCH3 is 3. The number of piperazine rings is 1. The van der Waals surface area contributed by atoms with E-state index < -0.39 is 5.82 Å². The van der Waals surface area contributed by atoms with Gasteiger partial charge in [-0.2, -0.15) is 0 Å². The summed E-state index contributed by atoms with van der Waals surface area (Å²) in [6.07, 6.45) is 0.310. The molecule has 7 nitrogen and oxygen atoms in total. The lowest BCUT2D eigenvalue weighted by Crippen LogP contribution is -2.49. The Labute approximate surface area is 181 Å². The smallest absolute Gasteiger partial charge is 0.254 e. The van der Waals surface area contributed by atoms with Crippen LogP contribution in [0.2, 0.25) is 0 Å². The Morgan fingerprint density at radius 2 is 1.55 bits per heavy atom. The normalized spacial score (nSPS) is 14.3. The molecule has 1 amide bonds. The molecule has 1 fully saturated rings. The Balaban J connectivity index is 1.57. The van der Waals surface area contributed by atoms with Gasteiger partial charge in [-0.05, 0) is 24.3 Å². The molecule has 0 bridgehead atoms. The Morgan fingerprint density at radius 1 is 0.903 bits per heavy atom. The van der Waals surface area contributed by atoms with Crippen LogP contribution < -0.4 is 14.2 Å². The van der Waals surface area contributed by atoms with Crippen LogP contribution in [-0.4, -0.2) is 75.5 Å². The van der Waals surface area contributed by atoms with Crippen LogP contribution in [0.5, 0.6) is 17.2 Å². The highest BCUT2D eigenvalue weighted by atomic mass is 19.1. The monoisotopic (exact) mass is 430 g/mol. The molecule has 0 atom stereocenters. The van der Waals surface area contributed by atoms with Crippen LogP contribution in [0, 0.1) is 5.82 Å². The summed E-state index contributed by atoms with van der Waals surface area (Å²) in [7, 11) is 4.53. The van der Waals surface area contributed by atoms with E-state index in [4.69, 9.17) is 14.2 Å². The van der Waals surface area contributed by atoms with Crippen LogP contribution in [-0.2, 0) is 0 Å². The van der Waals surface area contributed by atoms with Crippen LogP contribution >= 0.6 is 0 Å². The molecule has 1 saturated heterocycles. The lowest BCUT2D eigenvalue weighted by atomic mass is 10.1. The summed E-state index contributed by atoms with van der Waals surface area (Å²) < 4.78 is 29.3. The van der Waals surface area contributed by atoms with E-state index in [9.17, 15) is 14.0 Å². The maximum atomic E-state index is 13.3. The number of ketones is 1. The molecule has 0 spiro atoms. The van der Waals surface area contributed by atoms with Crippen molar-refractivity contribution in [3.05, 3.63) is 53.3 Å². The minimum atomic E-state index is -0.412. The van der Waals surface area contributed by atoms with E-state index in [1.807, 2.05) is 0 Å². The maximum Gasteiger partial charge on any atom is 0.254 e. The average Bonchev–Trinajstić information content (AvgIpc) is 2.81. The van der Waals surface area contributed by atoms with Gasteiger partial charge >= 0.3 is 0 Å². The van der Waals surface area contributed by atoms with Crippen LogP contribution in [0.4, 0.5) is 4.39 Å². The van der Waals surface area contributed by atoms with Gasteiger partial charge in [0.2, 0.25) is 5.75 Å². The summed E-state index contributed by atoms with van der Waals surface area (Å²) in [6.45, 7) is 2.98. The van der Waals surface area contributed by atoms with Gasteiger partial charge in [-0.3, -0.25) is 14.5 Å². The van der Waals surface area contributed by atoms with E-state index in [0.717, 1.165) is 0 Å². The molecule has 31 heavy (non-hydrogen) atoms. The molecule has 1 aliphatic heterocycles. The van der Waals surface area contributed by atoms with Gasteiger partial charge in [0, 0.05) is 50.3 Å². The second kappa shape index (κ2) is 10.3. The fourth-order valence-electron chi connectivity index (χ4n) is 3.63. The Hall–Kier alpha value is -3.13. The van der Waals surface area contributed by atoms with Gasteiger partial charge in [0.1, 0.15) is 5.82 Å². The summed E-state index contributed by atoms with van der Waals surface area (Å²) in [5.74, 6) is 0.684. The molecular formula is C23H27FN2O5. The Morgan fingerprint density at radius 3 is 2.10 bits per heavy atom. The third-order valence-electron chi connectivity index (χ3n) is 5.37. The van der Waals surface area contributed by atoms with Gasteiger partial charge in [-0.25, -0.2) is 4.39 Å². The lowest BCUT2D eigenvalue weighted by molar-refractivity contribution is 0.0627. The van der Waals surface area contributed by atoms with Gasteiger partial charge in [0.25, 0.3) is 5.91 Å². The molecule has 0 unspecified atom stereocenters. The fourth-order valence-corrected chi connectivity index (χ4v) is 3.63. The van der Waals surface area contributed by atoms with Gasteiger partial charge in [0.05, 0.1) is 21.3 Å². The van der Waals surface area contributed by atoms with Crippen LogP contribution in [0.1, 0.15) is 27.1 Å². The summed E-state index contributed by atoms with van der Waals surface area (Å²) in [4.78, 5) is 29.2. The number of nitrogens with zero attached hydrogens (tertiary/aromatic N) is 2. The van der Waals surface area contributed by atoms with Crippen molar-refractivity contribution in [2.75, 3.05) is 54.1 Å². The van der Waals surface area contributed by atoms with Gasteiger partial charge in [0.15, 0.2) is 17.3 Å². The van der Waals surface area contributed by atoms with Crippen LogP contribution in [0.3, 0.4) is 0 Å². The predicted molar refractivity (Wildman–Crippen MR) is 114 cm³/mol. The molecular weight excluding hydrogens is 403 g/mol. The predicted octanol–water partition coefficient (Wildman–Crippen LogP) is 2.88. The zero-order valence-electron chi connectivity index (χ0n) is 18.0. The molecule has 1 aliphatic rings. The average molecular weight is 430 g/mol. The Kier molecular flexibility index (Phi) is 7.46. The van der Waals surface area contributed by atoms with E-state index in [1.165, 1.54) is 39.5 Å². The molecule has 0 aliphatic carbocycles. The number of halogens is 1. The number of hydrogen-bond donors (Lipinski definition) is 0. The van der Waals surface area contributed by atoms with E-state index in [-0.39, 0.29) is 11.7 Å². The molecule has 0 saturated carbocycles. The quantitative estimate of drug-likeness (QED) is 0.600. The van der Waals surface area contributed by atoms with E-state index in [1.54, 1.807) is 23.1 Å². The second-order valence-corrected chi connectivity index (χ2v) is 7.23. The highest BCUT2D eigenvalue weighted by Crippen LogP contribution is 2.38. The highest BCUT2D eigenvalue weighted by molar-refractivity contribution is 5.96. The first kappa shape index (κ1) is 22.6. The molecule has 0 aromatic heterocycles. The maximum absolute atomic E-state index is 13.3. The third kappa shape index (κ3) is 5.32. The molecule has 0 radical (unpaired) electrons. The molecule has 0 N–H and O–H groups in total. The van der Waals surface area contributed by atoms with Crippen molar-refractivity contribution in [1.29, 1.82) is 0 Å². The fraction of sp³-hybridized carbons (Fsp3) is 0.391. The highest BCUT2D eigenvalue weighted by Gasteiger charge is 2.25. The number of carbonyl (C=O) groups excluding carboxylic acids is 2. The summed E-state index contributed by atoms with van der Waals surface area (Å²) in [5, 5.41) is 0. The van der Waals surface area contributed by atoms with Crippen molar-refractivity contribution >= 4 is 11.7 Å². The molecule has 166 valence electrons. The van der Waals surface area contributed by atoms with Gasteiger partial charge in [-0.15, -0.1) is 0 Å².